The zero-order valence-electron chi connectivity index (χ0n) is 14.9. The second-order valence-electron chi connectivity index (χ2n) is 6.36. The van der Waals surface area contributed by atoms with E-state index in [1.165, 1.54) is 12.1 Å². The van der Waals surface area contributed by atoms with Crippen molar-refractivity contribution in [2.75, 3.05) is 16.6 Å². The molecule has 1 aliphatic heterocycles. The van der Waals surface area contributed by atoms with Gasteiger partial charge in [-0.3, -0.25) is 4.79 Å². The molecule has 146 valence electrons. The number of hydrogen-bond donors (Lipinski definition) is 1. The van der Waals surface area contributed by atoms with Gasteiger partial charge in [-0.15, -0.1) is 11.3 Å². The molecule has 0 spiro atoms. The Morgan fingerprint density at radius 3 is 2.41 bits per heavy atom. The highest BCUT2D eigenvalue weighted by Crippen LogP contribution is 2.31. The summed E-state index contributed by atoms with van der Waals surface area (Å²) < 4.78 is 53.0. The van der Waals surface area contributed by atoms with Gasteiger partial charge in [0.15, 0.2) is 0 Å². The fraction of sp³-hybridized carbons (Fsp3) is 0.353. The van der Waals surface area contributed by atoms with Gasteiger partial charge in [0, 0.05) is 17.8 Å². The van der Waals surface area contributed by atoms with Crippen molar-refractivity contribution in [1.29, 1.82) is 0 Å². The van der Waals surface area contributed by atoms with Gasteiger partial charge in [0.25, 0.3) is 0 Å². The maximum absolute atomic E-state index is 12.7. The third-order valence-corrected chi connectivity index (χ3v) is 8.66. The standard InChI is InChI=1S/C17H20N2O5S3/c1-12-10-14(19-16(20)6-9-26(19,21)22)11-13(2)17(12)27(23,24)18-7-5-15-4-3-8-25-15/h3-4,8,10-11,18H,5-7,9H2,1-2H3. The third-order valence-electron chi connectivity index (χ3n) is 4.27. The van der Waals surface area contributed by atoms with Crippen molar-refractivity contribution < 1.29 is 21.6 Å². The average molecular weight is 429 g/mol. The van der Waals surface area contributed by atoms with Gasteiger partial charge in [-0.25, -0.2) is 25.9 Å². The van der Waals surface area contributed by atoms with Crippen LogP contribution < -0.4 is 9.03 Å². The van der Waals surface area contributed by atoms with Crippen LogP contribution in [-0.2, 0) is 31.3 Å². The average Bonchev–Trinajstić information content (AvgIpc) is 3.14. The number of nitrogens with zero attached hydrogens (tertiary/aromatic N) is 1. The molecule has 1 aliphatic rings. The lowest BCUT2D eigenvalue weighted by atomic mass is 10.1. The van der Waals surface area contributed by atoms with E-state index in [1.807, 2.05) is 17.5 Å². The number of hydrogen-bond acceptors (Lipinski definition) is 6. The van der Waals surface area contributed by atoms with Crippen molar-refractivity contribution in [3.63, 3.8) is 0 Å². The zero-order chi connectivity index (χ0) is 19.8. The van der Waals surface area contributed by atoms with Crippen LogP contribution >= 0.6 is 11.3 Å². The van der Waals surface area contributed by atoms with Crippen LogP contribution in [0.4, 0.5) is 5.69 Å². The van der Waals surface area contributed by atoms with E-state index < -0.39 is 26.0 Å². The first kappa shape index (κ1) is 20.0. The van der Waals surface area contributed by atoms with Crippen LogP contribution in [0.25, 0.3) is 0 Å². The monoisotopic (exact) mass is 428 g/mol. The summed E-state index contributed by atoms with van der Waals surface area (Å²) in [5, 5.41) is 1.94. The molecule has 7 nitrogen and oxygen atoms in total. The molecule has 27 heavy (non-hydrogen) atoms. The number of rotatable bonds is 6. The van der Waals surface area contributed by atoms with Crippen LogP contribution in [0.15, 0.2) is 34.5 Å². The van der Waals surface area contributed by atoms with Crippen molar-refractivity contribution in [3.05, 3.63) is 45.6 Å². The minimum atomic E-state index is -3.76. The topological polar surface area (TPSA) is 101 Å². The predicted octanol–water partition coefficient (Wildman–Crippen LogP) is 1.95. The van der Waals surface area contributed by atoms with Gasteiger partial charge in [0.1, 0.15) is 0 Å². The highest BCUT2D eigenvalue weighted by molar-refractivity contribution is 7.94. The third kappa shape index (κ3) is 4.08. The Balaban J connectivity index is 1.87. The summed E-state index contributed by atoms with van der Waals surface area (Å²) >= 11 is 1.56. The number of aryl methyl sites for hydroxylation is 2. The van der Waals surface area contributed by atoms with E-state index in [1.54, 1.807) is 25.2 Å². The first-order valence-corrected chi connectivity index (χ1v) is 12.3. The molecule has 0 aliphatic carbocycles. The normalized spacial score (nSPS) is 16.8. The van der Waals surface area contributed by atoms with Gasteiger partial charge >= 0.3 is 0 Å². The molecule has 1 aromatic carbocycles. The molecule has 2 aromatic rings. The fourth-order valence-corrected chi connectivity index (χ4v) is 6.81. The number of anilines is 1. The summed E-state index contributed by atoms with van der Waals surface area (Å²) in [5.74, 6) is -0.729. The van der Waals surface area contributed by atoms with Crippen molar-refractivity contribution in [3.8, 4) is 0 Å². The molecular formula is C17H20N2O5S3. The van der Waals surface area contributed by atoms with Gasteiger partial charge in [-0.2, -0.15) is 0 Å². The fourth-order valence-electron chi connectivity index (χ4n) is 3.17. The molecule has 1 saturated heterocycles. The molecule has 3 rings (SSSR count). The van der Waals surface area contributed by atoms with E-state index in [9.17, 15) is 21.6 Å². The maximum atomic E-state index is 12.7. The molecule has 1 aromatic heterocycles. The molecule has 10 heteroatoms. The van der Waals surface area contributed by atoms with Gasteiger partial charge in [-0.1, -0.05) is 6.07 Å². The number of sulfonamides is 2. The van der Waals surface area contributed by atoms with Crippen molar-refractivity contribution in [1.82, 2.24) is 4.72 Å². The van der Waals surface area contributed by atoms with Gasteiger partial charge in [0.05, 0.1) is 16.3 Å². The summed E-state index contributed by atoms with van der Waals surface area (Å²) in [6.45, 7) is 3.46. The summed E-state index contributed by atoms with van der Waals surface area (Å²) in [4.78, 5) is 13.2. The Kier molecular flexibility index (Phi) is 5.44. The lowest BCUT2D eigenvalue weighted by Gasteiger charge is -2.19. The molecule has 0 unspecified atom stereocenters. The quantitative estimate of drug-likeness (QED) is 0.758. The van der Waals surface area contributed by atoms with E-state index in [-0.39, 0.29) is 29.3 Å². The van der Waals surface area contributed by atoms with E-state index in [4.69, 9.17) is 0 Å². The molecular weight excluding hydrogens is 408 g/mol. The highest BCUT2D eigenvalue weighted by atomic mass is 32.2. The number of amides is 1. The van der Waals surface area contributed by atoms with E-state index >= 15 is 0 Å². The maximum Gasteiger partial charge on any atom is 0.242 e. The van der Waals surface area contributed by atoms with Gasteiger partial charge in [0.2, 0.25) is 26.0 Å². The predicted molar refractivity (Wildman–Crippen MR) is 105 cm³/mol. The Morgan fingerprint density at radius 1 is 1.22 bits per heavy atom. The highest BCUT2D eigenvalue weighted by Gasteiger charge is 2.37. The number of carbonyl (C=O) groups excluding carboxylic acids is 1. The van der Waals surface area contributed by atoms with Crippen LogP contribution in [-0.4, -0.2) is 35.0 Å². The lowest BCUT2D eigenvalue weighted by molar-refractivity contribution is -0.116. The lowest BCUT2D eigenvalue weighted by Crippen LogP contribution is -2.30. The van der Waals surface area contributed by atoms with Crippen LogP contribution in [0, 0.1) is 13.8 Å². The first-order chi connectivity index (χ1) is 12.6. The Bertz CT molecular complexity index is 1050. The molecule has 1 fully saturated rings. The number of benzene rings is 1. The molecule has 0 bridgehead atoms. The molecule has 0 radical (unpaired) electrons. The van der Waals surface area contributed by atoms with E-state index in [0.717, 1.165) is 9.18 Å². The zero-order valence-corrected chi connectivity index (χ0v) is 17.4. The largest absolute Gasteiger partial charge is 0.273 e. The summed E-state index contributed by atoms with van der Waals surface area (Å²) in [6.07, 6.45) is 0.526. The van der Waals surface area contributed by atoms with Crippen molar-refractivity contribution in [2.45, 2.75) is 31.6 Å². The molecule has 2 heterocycles. The van der Waals surface area contributed by atoms with Crippen LogP contribution in [0.2, 0.25) is 0 Å². The second kappa shape index (κ2) is 7.34. The summed E-state index contributed by atoms with van der Waals surface area (Å²) in [5.41, 5.74) is 0.970. The molecule has 1 amide bonds. The first-order valence-electron chi connectivity index (χ1n) is 8.31. The van der Waals surface area contributed by atoms with Crippen molar-refractivity contribution >= 4 is 43.0 Å². The molecule has 0 atom stereocenters. The van der Waals surface area contributed by atoms with E-state index in [0.29, 0.717) is 17.5 Å². The minimum absolute atomic E-state index is 0.0647. The van der Waals surface area contributed by atoms with Crippen LogP contribution in [0.3, 0.4) is 0 Å². The van der Waals surface area contributed by atoms with Crippen molar-refractivity contribution in [2.24, 2.45) is 0 Å². The number of nitrogens with one attached hydrogen (secondary N) is 1. The molecule has 1 N–H and O–H groups in total. The smallest absolute Gasteiger partial charge is 0.242 e. The Hall–Kier alpha value is -1.75. The second-order valence-corrected chi connectivity index (χ2v) is 11.0. The summed E-state index contributed by atoms with van der Waals surface area (Å²) in [6, 6.07) is 6.72. The van der Waals surface area contributed by atoms with Gasteiger partial charge < -0.3 is 0 Å². The van der Waals surface area contributed by atoms with Gasteiger partial charge in [-0.05, 0) is 55.0 Å². The Morgan fingerprint density at radius 2 is 1.89 bits per heavy atom. The SMILES string of the molecule is Cc1cc(N2C(=O)CCS2(=O)=O)cc(C)c1S(=O)(=O)NCCc1cccs1. The number of thiophene rings is 1. The van der Waals surface area contributed by atoms with Crippen LogP contribution in [0.5, 0.6) is 0 Å². The van der Waals surface area contributed by atoms with Crippen LogP contribution in [0.1, 0.15) is 22.4 Å². The molecule has 0 saturated carbocycles. The summed E-state index contributed by atoms with van der Waals surface area (Å²) in [7, 11) is -7.45. The number of carbonyl (C=O) groups is 1. The Labute approximate surface area is 163 Å². The van der Waals surface area contributed by atoms with E-state index in [2.05, 4.69) is 4.72 Å². The minimum Gasteiger partial charge on any atom is -0.273 e.